The van der Waals surface area contributed by atoms with Crippen molar-refractivity contribution in [3.05, 3.63) is 24.2 Å². The summed E-state index contributed by atoms with van der Waals surface area (Å²) in [6, 6.07) is 3.81. The fourth-order valence-corrected chi connectivity index (χ4v) is 1.86. The molecule has 0 bridgehead atoms. The van der Waals surface area contributed by atoms with Gasteiger partial charge in [-0.1, -0.05) is 13.8 Å². The molecule has 4 heteroatoms. The zero-order valence-corrected chi connectivity index (χ0v) is 10.5. The Morgan fingerprint density at radius 1 is 1.00 bits per heavy atom. The Labute approximate surface area is 101 Å². The smallest absolute Gasteiger partial charge is 0.162 e. The fraction of sp³-hybridized carbons (Fsp3) is 0.385. The molecule has 17 heavy (non-hydrogen) atoms. The Hall–Kier alpha value is -1.84. The van der Waals surface area contributed by atoms with Gasteiger partial charge in [0.05, 0.1) is 25.4 Å². The van der Waals surface area contributed by atoms with Gasteiger partial charge in [0.25, 0.3) is 0 Å². The Morgan fingerprint density at radius 2 is 1.65 bits per heavy atom. The van der Waals surface area contributed by atoms with E-state index in [0.29, 0.717) is 17.4 Å². The van der Waals surface area contributed by atoms with Crippen LogP contribution in [0.1, 0.15) is 25.5 Å². The van der Waals surface area contributed by atoms with Crippen molar-refractivity contribution in [3.8, 4) is 11.5 Å². The number of nitrogens with zero attached hydrogens (tertiary/aromatic N) is 2. The summed E-state index contributed by atoms with van der Waals surface area (Å²) < 4.78 is 10.6. The molecule has 0 aliphatic rings. The minimum absolute atomic E-state index is 0.346. The van der Waals surface area contributed by atoms with E-state index in [9.17, 15) is 0 Å². The standard InChI is InChI=1S/C13H16N2O2/c1-8(2)13-9-5-11(16-3)12(17-4)6-10(9)14-7-15-13/h5-8H,1-4H3. The highest BCUT2D eigenvalue weighted by molar-refractivity contribution is 5.84. The maximum absolute atomic E-state index is 5.30. The number of hydrogen-bond acceptors (Lipinski definition) is 4. The first kappa shape index (κ1) is 11.6. The van der Waals surface area contributed by atoms with E-state index in [1.807, 2.05) is 12.1 Å². The number of benzene rings is 1. The average Bonchev–Trinajstić information content (AvgIpc) is 2.35. The number of aromatic nitrogens is 2. The second kappa shape index (κ2) is 4.57. The van der Waals surface area contributed by atoms with Gasteiger partial charge in [-0.3, -0.25) is 0 Å². The average molecular weight is 232 g/mol. The Balaban J connectivity index is 2.73. The highest BCUT2D eigenvalue weighted by Crippen LogP contribution is 2.33. The van der Waals surface area contributed by atoms with Gasteiger partial charge in [0.2, 0.25) is 0 Å². The molecule has 0 atom stereocenters. The summed E-state index contributed by atoms with van der Waals surface area (Å²) in [6.45, 7) is 4.22. The Kier molecular flexibility index (Phi) is 3.13. The molecule has 0 saturated carbocycles. The second-order valence-electron chi connectivity index (χ2n) is 4.14. The number of methoxy groups -OCH3 is 2. The third-order valence-corrected chi connectivity index (χ3v) is 2.72. The van der Waals surface area contributed by atoms with Gasteiger partial charge in [-0.05, 0) is 12.0 Å². The lowest BCUT2D eigenvalue weighted by molar-refractivity contribution is 0.355. The summed E-state index contributed by atoms with van der Waals surface area (Å²) >= 11 is 0. The molecule has 0 fully saturated rings. The second-order valence-corrected chi connectivity index (χ2v) is 4.14. The van der Waals surface area contributed by atoms with Crippen molar-refractivity contribution < 1.29 is 9.47 Å². The van der Waals surface area contributed by atoms with E-state index in [4.69, 9.17) is 9.47 Å². The van der Waals surface area contributed by atoms with Crippen molar-refractivity contribution in [2.75, 3.05) is 14.2 Å². The van der Waals surface area contributed by atoms with E-state index in [-0.39, 0.29) is 0 Å². The SMILES string of the molecule is COc1cc2ncnc(C(C)C)c2cc1OC. The number of rotatable bonds is 3. The minimum Gasteiger partial charge on any atom is -0.493 e. The third-order valence-electron chi connectivity index (χ3n) is 2.72. The molecule has 0 amide bonds. The third kappa shape index (κ3) is 2.02. The molecule has 0 spiro atoms. The van der Waals surface area contributed by atoms with Gasteiger partial charge >= 0.3 is 0 Å². The highest BCUT2D eigenvalue weighted by Gasteiger charge is 2.12. The summed E-state index contributed by atoms with van der Waals surface area (Å²) in [5, 5.41) is 1.01. The van der Waals surface area contributed by atoms with E-state index in [2.05, 4.69) is 23.8 Å². The molecule has 4 nitrogen and oxygen atoms in total. The zero-order chi connectivity index (χ0) is 12.4. The van der Waals surface area contributed by atoms with Crippen LogP contribution in [0.25, 0.3) is 10.9 Å². The molecule has 0 radical (unpaired) electrons. The van der Waals surface area contributed by atoms with Crippen molar-refractivity contribution >= 4 is 10.9 Å². The van der Waals surface area contributed by atoms with E-state index >= 15 is 0 Å². The molecule has 1 aromatic carbocycles. The van der Waals surface area contributed by atoms with Gasteiger partial charge in [-0.15, -0.1) is 0 Å². The van der Waals surface area contributed by atoms with Crippen molar-refractivity contribution in [2.45, 2.75) is 19.8 Å². The van der Waals surface area contributed by atoms with Crippen LogP contribution < -0.4 is 9.47 Å². The quantitative estimate of drug-likeness (QED) is 0.816. The van der Waals surface area contributed by atoms with E-state index in [1.165, 1.54) is 0 Å². The van der Waals surface area contributed by atoms with E-state index in [0.717, 1.165) is 16.6 Å². The molecule has 2 rings (SSSR count). The van der Waals surface area contributed by atoms with Crippen LogP contribution in [-0.4, -0.2) is 24.2 Å². The predicted molar refractivity (Wildman–Crippen MR) is 66.7 cm³/mol. The first-order valence-corrected chi connectivity index (χ1v) is 5.54. The molecule has 90 valence electrons. The van der Waals surface area contributed by atoms with Gasteiger partial charge in [-0.25, -0.2) is 9.97 Å². The van der Waals surface area contributed by atoms with Crippen LogP contribution in [0.4, 0.5) is 0 Å². The van der Waals surface area contributed by atoms with E-state index < -0.39 is 0 Å². The first-order chi connectivity index (χ1) is 8.17. The molecule has 0 unspecified atom stereocenters. The van der Waals surface area contributed by atoms with Crippen LogP contribution in [0.5, 0.6) is 11.5 Å². The zero-order valence-electron chi connectivity index (χ0n) is 10.5. The first-order valence-electron chi connectivity index (χ1n) is 5.54. The lowest BCUT2D eigenvalue weighted by Gasteiger charge is -2.12. The lowest BCUT2D eigenvalue weighted by Crippen LogP contribution is -1.98. The topological polar surface area (TPSA) is 44.2 Å². The maximum atomic E-state index is 5.30. The number of hydrogen-bond donors (Lipinski definition) is 0. The van der Waals surface area contributed by atoms with Crippen LogP contribution in [-0.2, 0) is 0 Å². The molecule has 1 aromatic heterocycles. The molecule has 1 heterocycles. The van der Waals surface area contributed by atoms with Gasteiger partial charge in [0, 0.05) is 11.5 Å². The number of fused-ring (bicyclic) bond motifs is 1. The van der Waals surface area contributed by atoms with Gasteiger partial charge in [0.1, 0.15) is 6.33 Å². The normalized spacial score (nSPS) is 10.9. The largest absolute Gasteiger partial charge is 0.493 e. The molecular weight excluding hydrogens is 216 g/mol. The highest BCUT2D eigenvalue weighted by atomic mass is 16.5. The minimum atomic E-state index is 0.346. The summed E-state index contributed by atoms with van der Waals surface area (Å²) in [7, 11) is 3.25. The van der Waals surface area contributed by atoms with Crippen molar-refractivity contribution in [1.82, 2.24) is 9.97 Å². The maximum Gasteiger partial charge on any atom is 0.162 e. The van der Waals surface area contributed by atoms with Crippen molar-refractivity contribution in [3.63, 3.8) is 0 Å². The van der Waals surface area contributed by atoms with Crippen LogP contribution >= 0.6 is 0 Å². The molecule has 0 aliphatic heterocycles. The van der Waals surface area contributed by atoms with Crippen LogP contribution in [0, 0.1) is 0 Å². The molecular formula is C13H16N2O2. The van der Waals surface area contributed by atoms with Crippen LogP contribution in [0.15, 0.2) is 18.5 Å². The monoisotopic (exact) mass is 232 g/mol. The Morgan fingerprint density at radius 3 is 2.24 bits per heavy atom. The van der Waals surface area contributed by atoms with Crippen molar-refractivity contribution in [1.29, 1.82) is 0 Å². The number of ether oxygens (including phenoxy) is 2. The molecule has 2 aromatic rings. The van der Waals surface area contributed by atoms with Crippen molar-refractivity contribution in [2.24, 2.45) is 0 Å². The Bertz CT molecular complexity index is 538. The predicted octanol–water partition coefficient (Wildman–Crippen LogP) is 2.77. The molecule has 0 N–H and O–H groups in total. The molecule has 0 aliphatic carbocycles. The summed E-state index contributed by atoms with van der Waals surface area (Å²) in [6.07, 6.45) is 1.59. The van der Waals surface area contributed by atoms with Gasteiger partial charge < -0.3 is 9.47 Å². The summed E-state index contributed by atoms with van der Waals surface area (Å²) in [4.78, 5) is 8.59. The van der Waals surface area contributed by atoms with E-state index in [1.54, 1.807) is 20.5 Å². The summed E-state index contributed by atoms with van der Waals surface area (Å²) in [5.41, 5.74) is 1.90. The molecule has 0 saturated heterocycles. The lowest BCUT2D eigenvalue weighted by atomic mass is 10.0. The van der Waals surface area contributed by atoms with Gasteiger partial charge in [0.15, 0.2) is 11.5 Å². The van der Waals surface area contributed by atoms with Gasteiger partial charge in [-0.2, -0.15) is 0 Å². The summed E-state index contributed by atoms with van der Waals surface area (Å²) in [5.74, 6) is 1.74. The van der Waals surface area contributed by atoms with Crippen LogP contribution in [0.2, 0.25) is 0 Å². The van der Waals surface area contributed by atoms with Crippen LogP contribution in [0.3, 0.4) is 0 Å². The fourth-order valence-electron chi connectivity index (χ4n) is 1.86.